The highest BCUT2D eigenvalue weighted by Crippen LogP contribution is 2.47. The fourth-order valence-corrected chi connectivity index (χ4v) is 6.63. The third kappa shape index (κ3) is 5.18. The molecule has 2 fully saturated rings. The van der Waals surface area contributed by atoms with Crippen LogP contribution in [0.25, 0.3) is 0 Å². The van der Waals surface area contributed by atoms with E-state index in [0.29, 0.717) is 33.6 Å². The summed E-state index contributed by atoms with van der Waals surface area (Å²) in [5, 5.41) is 0.333. The summed E-state index contributed by atoms with van der Waals surface area (Å²) in [6.07, 6.45) is 8.11. The molecule has 7 rings (SSSR count). The highest BCUT2D eigenvalue weighted by molar-refractivity contribution is 6.30. The Morgan fingerprint density at radius 3 is 2.71 bits per heavy atom. The maximum Gasteiger partial charge on any atom is 0.337 e. The maximum absolute atomic E-state index is 14.6. The van der Waals surface area contributed by atoms with Crippen LogP contribution in [-0.4, -0.2) is 79.7 Å². The first-order chi connectivity index (χ1) is 20.5. The minimum Gasteiger partial charge on any atom is -0.465 e. The molecule has 0 aromatic heterocycles. The second-order valence-corrected chi connectivity index (χ2v) is 11.8. The van der Waals surface area contributed by atoms with Crippen molar-refractivity contribution in [2.24, 2.45) is 4.99 Å². The number of amidine groups is 1. The van der Waals surface area contributed by atoms with Crippen LogP contribution in [0.15, 0.2) is 65.2 Å². The third-order valence-corrected chi connectivity index (χ3v) is 9.09. The van der Waals surface area contributed by atoms with E-state index in [1.807, 2.05) is 30.4 Å². The topological polar surface area (TPSA) is 72.8 Å². The predicted molar refractivity (Wildman–Crippen MR) is 156 cm³/mol. The predicted octanol–water partition coefficient (Wildman–Crippen LogP) is 5.04. The van der Waals surface area contributed by atoms with Gasteiger partial charge < -0.3 is 23.8 Å². The summed E-state index contributed by atoms with van der Waals surface area (Å²) < 4.78 is 37.5. The van der Waals surface area contributed by atoms with Crippen LogP contribution in [0.3, 0.4) is 0 Å². The minimum atomic E-state index is -0.837. The van der Waals surface area contributed by atoms with Gasteiger partial charge in [-0.05, 0) is 74.7 Å². The highest BCUT2D eigenvalue weighted by atomic mass is 35.5. The molecule has 8 nitrogen and oxygen atoms in total. The molecule has 0 amide bonds. The average molecular weight is 594 g/mol. The number of benzene rings is 2. The van der Waals surface area contributed by atoms with Crippen molar-refractivity contribution in [2.45, 2.75) is 49.7 Å². The average Bonchev–Trinajstić information content (AvgIpc) is 3.55. The number of piperidine rings is 1. The van der Waals surface area contributed by atoms with Crippen LogP contribution in [0.5, 0.6) is 11.5 Å². The molecule has 2 aromatic carbocycles. The van der Waals surface area contributed by atoms with Crippen molar-refractivity contribution in [1.29, 1.82) is 0 Å². The Hall–Kier alpha value is -3.40. The molecule has 0 bridgehead atoms. The molecule has 0 spiro atoms. The first-order valence-corrected chi connectivity index (χ1v) is 14.9. The quantitative estimate of drug-likeness (QED) is 0.417. The molecule has 42 heavy (non-hydrogen) atoms. The fraction of sp³-hybridized carbons (Fsp3) is 0.438. The molecule has 220 valence electrons. The molecule has 4 heterocycles. The zero-order valence-electron chi connectivity index (χ0n) is 23.4. The number of carbonyl (C=O) groups excluding carboxylic acids is 1. The van der Waals surface area contributed by atoms with Gasteiger partial charge in [-0.25, -0.2) is 9.18 Å². The number of rotatable bonds is 7. The lowest BCUT2D eigenvalue weighted by Gasteiger charge is -2.38. The van der Waals surface area contributed by atoms with E-state index < -0.39 is 12.1 Å². The summed E-state index contributed by atoms with van der Waals surface area (Å²) in [5.74, 6) is 1.90. The summed E-state index contributed by atoms with van der Waals surface area (Å²) in [6.45, 7) is 4.12. The van der Waals surface area contributed by atoms with E-state index in [0.717, 1.165) is 63.4 Å². The van der Waals surface area contributed by atoms with Gasteiger partial charge in [-0.3, -0.25) is 9.89 Å². The second-order valence-electron chi connectivity index (χ2n) is 11.4. The van der Waals surface area contributed by atoms with Gasteiger partial charge in [0.1, 0.15) is 11.7 Å². The van der Waals surface area contributed by atoms with Crippen LogP contribution < -0.4 is 9.47 Å². The molecular formula is C32H33ClFN3O5. The first-order valence-electron chi connectivity index (χ1n) is 14.5. The minimum absolute atomic E-state index is 0.0108. The zero-order valence-corrected chi connectivity index (χ0v) is 24.1. The molecule has 0 radical (unpaired) electrons. The number of ether oxygens (including phenoxy) is 4. The molecule has 2 aromatic rings. The molecule has 0 N–H and O–H groups in total. The van der Waals surface area contributed by atoms with Gasteiger partial charge in [-0.1, -0.05) is 29.8 Å². The molecule has 4 atom stereocenters. The first kappa shape index (κ1) is 27.4. The number of carbonyl (C=O) groups is 1. The number of fused-ring (bicyclic) bond motifs is 2. The number of para-hydroxylation sites is 1. The molecule has 1 aliphatic carbocycles. The summed E-state index contributed by atoms with van der Waals surface area (Å²) >= 11 is 5.93. The van der Waals surface area contributed by atoms with Crippen molar-refractivity contribution in [3.05, 3.63) is 82.2 Å². The van der Waals surface area contributed by atoms with E-state index in [2.05, 4.69) is 15.9 Å². The van der Waals surface area contributed by atoms with E-state index >= 15 is 0 Å². The standard InChI is InChI=1S/C32H33ClFN3O5/c1-39-31(38)20-5-8-26-27(15-20)37(17-22-11-14-40-22)29(35-26)18-36-12-9-19(10-13-36)23-3-2-4-28-30(23)42-32(41-28)24-7-6-21(33)16-25(24)34/h2-8,15-16,19,22,26-27,32H,9-14,17-18H2,1H3. The van der Waals surface area contributed by atoms with Gasteiger partial charge >= 0.3 is 5.97 Å². The number of hydrogen-bond donors (Lipinski definition) is 0. The lowest BCUT2D eigenvalue weighted by molar-refractivity contribution is -0.135. The summed E-state index contributed by atoms with van der Waals surface area (Å²) in [5.41, 5.74) is 2.00. The van der Waals surface area contributed by atoms with E-state index in [4.69, 9.17) is 35.5 Å². The molecule has 4 aliphatic heterocycles. The zero-order chi connectivity index (χ0) is 28.8. The van der Waals surface area contributed by atoms with Crippen LogP contribution in [0.1, 0.15) is 42.6 Å². The van der Waals surface area contributed by atoms with Gasteiger partial charge in [-0.2, -0.15) is 0 Å². The second kappa shape index (κ2) is 11.4. The van der Waals surface area contributed by atoms with Crippen molar-refractivity contribution < 1.29 is 28.1 Å². The number of aliphatic imine (C=N–C) groups is 1. The molecule has 5 aliphatic rings. The lowest BCUT2D eigenvalue weighted by Crippen LogP contribution is -2.50. The van der Waals surface area contributed by atoms with Crippen LogP contribution in [0.2, 0.25) is 5.02 Å². The number of nitrogens with zero attached hydrogens (tertiary/aromatic N) is 3. The Morgan fingerprint density at radius 1 is 1.14 bits per heavy atom. The monoisotopic (exact) mass is 593 g/mol. The van der Waals surface area contributed by atoms with Gasteiger partial charge in [0.15, 0.2) is 11.5 Å². The van der Waals surface area contributed by atoms with Crippen molar-refractivity contribution in [3.63, 3.8) is 0 Å². The lowest BCUT2D eigenvalue weighted by atomic mass is 9.88. The van der Waals surface area contributed by atoms with Gasteiger partial charge in [0, 0.05) is 23.7 Å². The van der Waals surface area contributed by atoms with Gasteiger partial charge in [0.2, 0.25) is 0 Å². The van der Waals surface area contributed by atoms with E-state index in [1.165, 1.54) is 13.2 Å². The molecule has 10 heteroatoms. The molecule has 2 saturated heterocycles. The smallest absolute Gasteiger partial charge is 0.337 e. The van der Waals surface area contributed by atoms with Crippen LogP contribution in [-0.2, 0) is 14.3 Å². The van der Waals surface area contributed by atoms with E-state index in [1.54, 1.807) is 12.1 Å². The Balaban J connectivity index is 1.02. The Labute approximate surface area is 249 Å². The summed E-state index contributed by atoms with van der Waals surface area (Å²) in [6, 6.07) is 10.4. The third-order valence-electron chi connectivity index (χ3n) is 8.85. The Bertz CT molecular complexity index is 1470. The maximum atomic E-state index is 14.6. The fourth-order valence-electron chi connectivity index (χ4n) is 6.47. The van der Waals surface area contributed by atoms with Crippen molar-refractivity contribution in [3.8, 4) is 11.5 Å². The summed E-state index contributed by atoms with van der Waals surface area (Å²) in [7, 11) is 1.41. The number of hydrogen-bond acceptors (Lipinski definition) is 8. The van der Waals surface area contributed by atoms with Crippen molar-refractivity contribution in [1.82, 2.24) is 9.80 Å². The van der Waals surface area contributed by atoms with Gasteiger partial charge in [-0.15, -0.1) is 0 Å². The Kier molecular flexibility index (Phi) is 7.42. The highest BCUT2D eigenvalue weighted by Gasteiger charge is 2.39. The van der Waals surface area contributed by atoms with Crippen LogP contribution in [0.4, 0.5) is 4.39 Å². The largest absolute Gasteiger partial charge is 0.465 e. The van der Waals surface area contributed by atoms with Crippen LogP contribution >= 0.6 is 11.6 Å². The van der Waals surface area contributed by atoms with Crippen molar-refractivity contribution in [2.75, 3.05) is 39.9 Å². The Morgan fingerprint density at radius 2 is 1.98 bits per heavy atom. The normalized spacial score (nSPS) is 26.9. The molecule has 4 unspecified atom stereocenters. The number of halogens is 2. The SMILES string of the molecule is COC(=O)C1=CC2C(C=C1)N=C(CN1CCC(c3cccc4c3OC(c3ccc(Cl)cc3F)O4)CC1)N2CC1CCO1. The van der Waals surface area contributed by atoms with Crippen LogP contribution in [0, 0.1) is 5.82 Å². The molecule has 0 saturated carbocycles. The number of likely N-dealkylation sites (tertiary alicyclic amines) is 1. The number of methoxy groups -OCH3 is 1. The van der Waals surface area contributed by atoms with Gasteiger partial charge in [0.25, 0.3) is 6.29 Å². The van der Waals surface area contributed by atoms with E-state index in [9.17, 15) is 9.18 Å². The molecular weight excluding hydrogens is 561 g/mol. The van der Waals surface area contributed by atoms with E-state index in [-0.39, 0.29) is 24.2 Å². The summed E-state index contributed by atoms with van der Waals surface area (Å²) in [4.78, 5) is 22.1. The van der Waals surface area contributed by atoms with Crippen molar-refractivity contribution >= 4 is 23.4 Å². The number of esters is 1. The van der Waals surface area contributed by atoms with Gasteiger partial charge in [0.05, 0.1) is 43.0 Å².